The van der Waals surface area contributed by atoms with Crippen molar-refractivity contribution in [2.45, 2.75) is 24.5 Å². The number of imide groups is 2. The van der Waals surface area contributed by atoms with E-state index in [2.05, 4.69) is 4.74 Å². The normalized spacial score (nSPS) is 18.1. The SMILES string of the molecule is N[C@@H](C(=O)OCN1C(=O)CN(CC(OC(=O)C(F)(F)F)N2CC(=O)N(COC(=O)[C@H](N)c3ccccc3)C(=O)C2)CC1=O)c1ccccc1. The molecule has 0 bridgehead atoms. The molecule has 4 amide bonds. The Morgan fingerprint density at radius 3 is 1.45 bits per heavy atom. The van der Waals surface area contributed by atoms with Gasteiger partial charge in [0.2, 0.25) is 23.6 Å². The molecule has 0 aliphatic carbocycles. The van der Waals surface area contributed by atoms with Crippen molar-refractivity contribution in [3.63, 3.8) is 0 Å². The largest absolute Gasteiger partial charge is 0.490 e. The first-order valence-electron chi connectivity index (χ1n) is 14.5. The molecule has 0 aromatic heterocycles. The number of benzene rings is 2. The molecule has 19 heteroatoms. The van der Waals surface area contributed by atoms with Crippen LogP contribution in [0.25, 0.3) is 0 Å². The number of halogens is 3. The number of nitrogens with zero attached hydrogens (tertiary/aromatic N) is 4. The summed E-state index contributed by atoms with van der Waals surface area (Å²) in [6.45, 7) is -5.10. The third kappa shape index (κ3) is 9.44. The molecule has 0 spiro atoms. The van der Waals surface area contributed by atoms with Crippen LogP contribution in [0.3, 0.4) is 0 Å². The third-order valence-corrected chi connectivity index (χ3v) is 7.39. The highest BCUT2D eigenvalue weighted by Crippen LogP contribution is 2.21. The molecule has 2 saturated heterocycles. The van der Waals surface area contributed by atoms with Crippen LogP contribution < -0.4 is 11.5 Å². The number of amides is 4. The summed E-state index contributed by atoms with van der Waals surface area (Å²) in [5, 5.41) is 0. The van der Waals surface area contributed by atoms with Gasteiger partial charge in [-0.25, -0.2) is 29.1 Å². The quantitative estimate of drug-likeness (QED) is 0.158. The fraction of sp³-hybridized carbons (Fsp3) is 0.367. The van der Waals surface area contributed by atoms with Crippen molar-refractivity contribution in [2.75, 3.05) is 46.2 Å². The minimum Gasteiger partial charge on any atom is -0.442 e. The molecular formula is C30H31F3N6O10. The van der Waals surface area contributed by atoms with E-state index in [0.717, 1.165) is 9.80 Å². The van der Waals surface area contributed by atoms with Crippen LogP contribution in [-0.4, -0.2) is 120 Å². The lowest BCUT2D eigenvalue weighted by Gasteiger charge is -2.39. The molecule has 0 radical (unpaired) electrons. The number of carbonyl (C=O) groups is 7. The first-order chi connectivity index (χ1) is 23.1. The van der Waals surface area contributed by atoms with Gasteiger partial charge in [-0.15, -0.1) is 0 Å². The second-order valence-electron chi connectivity index (χ2n) is 10.8. The number of hydrogen-bond donors (Lipinski definition) is 2. The average molecular weight is 693 g/mol. The maximum atomic E-state index is 13.2. The van der Waals surface area contributed by atoms with Gasteiger partial charge in [-0.2, -0.15) is 13.2 Å². The Morgan fingerprint density at radius 2 is 1.06 bits per heavy atom. The lowest BCUT2D eigenvalue weighted by Crippen LogP contribution is -2.62. The van der Waals surface area contributed by atoms with E-state index < -0.39 is 112 Å². The van der Waals surface area contributed by atoms with Crippen LogP contribution in [0.1, 0.15) is 23.2 Å². The number of rotatable bonds is 12. The van der Waals surface area contributed by atoms with Crippen molar-refractivity contribution >= 4 is 41.5 Å². The molecule has 2 aliphatic rings. The summed E-state index contributed by atoms with van der Waals surface area (Å²) in [7, 11) is 0. The lowest BCUT2D eigenvalue weighted by molar-refractivity contribution is -0.216. The predicted octanol–water partition coefficient (Wildman–Crippen LogP) is -0.839. The highest BCUT2D eigenvalue weighted by molar-refractivity contribution is 6.00. The van der Waals surface area contributed by atoms with Gasteiger partial charge in [-0.05, 0) is 11.1 Å². The Kier molecular flexibility index (Phi) is 11.8. The predicted molar refractivity (Wildman–Crippen MR) is 156 cm³/mol. The number of ether oxygens (including phenoxy) is 3. The van der Waals surface area contributed by atoms with Crippen LogP contribution in [0.2, 0.25) is 0 Å². The summed E-state index contributed by atoms with van der Waals surface area (Å²) in [6, 6.07) is 13.7. The van der Waals surface area contributed by atoms with Gasteiger partial charge in [0.1, 0.15) is 12.1 Å². The van der Waals surface area contributed by atoms with Crippen LogP contribution in [0.4, 0.5) is 13.2 Å². The fourth-order valence-electron chi connectivity index (χ4n) is 4.75. The number of nitrogens with two attached hydrogens (primary N) is 2. The van der Waals surface area contributed by atoms with Gasteiger partial charge >= 0.3 is 24.1 Å². The van der Waals surface area contributed by atoms with Gasteiger partial charge < -0.3 is 25.7 Å². The standard InChI is InChI=1S/C30H31F3N6O10/c31-30(32,33)29(46)49-24(37-13-22(42)39(23(43)14-37)17-48-28(45)26(35)19-9-5-2-6-10-19)15-36-11-20(40)38(21(41)12-36)16-47-27(44)25(34)18-7-3-1-4-8-18/h1-10,24-26H,11-17,34-35H2/t24?,25-,26-/m1/s1. The summed E-state index contributed by atoms with van der Waals surface area (Å²) >= 11 is 0. The molecule has 2 aromatic carbocycles. The van der Waals surface area contributed by atoms with Gasteiger partial charge in [0, 0.05) is 0 Å². The average Bonchev–Trinajstić information content (AvgIpc) is 3.06. The molecule has 49 heavy (non-hydrogen) atoms. The molecular weight excluding hydrogens is 661 g/mol. The van der Waals surface area contributed by atoms with E-state index in [1.807, 2.05) is 0 Å². The first kappa shape index (κ1) is 36.6. The number of carbonyl (C=O) groups excluding carboxylic acids is 7. The Balaban J connectivity index is 1.37. The van der Waals surface area contributed by atoms with Crippen LogP contribution in [0.15, 0.2) is 60.7 Å². The van der Waals surface area contributed by atoms with Gasteiger partial charge in [-0.1, -0.05) is 60.7 Å². The zero-order valence-electron chi connectivity index (χ0n) is 25.6. The number of alkyl halides is 3. The molecule has 2 heterocycles. The van der Waals surface area contributed by atoms with Crippen LogP contribution >= 0.6 is 0 Å². The zero-order valence-corrected chi connectivity index (χ0v) is 25.6. The fourth-order valence-corrected chi connectivity index (χ4v) is 4.75. The van der Waals surface area contributed by atoms with E-state index in [1.54, 1.807) is 60.7 Å². The molecule has 2 fully saturated rings. The highest BCUT2D eigenvalue weighted by Gasteiger charge is 2.46. The van der Waals surface area contributed by atoms with Crippen molar-refractivity contribution < 1.29 is 60.9 Å². The zero-order chi connectivity index (χ0) is 35.9. The summed E-state index contributed by atoms with van der Waals surface area (Å²) in [6.07, 6.45) is -7.40. The molecule has 1 unspecified atom stereocenters. The smallest absolute Gasteiger partial charge is 0.442 e. The van der Waals surface area contributed by atoms with E-state index in [0.29, 0.717) is 20.9 Å². The molecule has 4 N–H and O–H groups in total. The first-order valence-corrected chi connectivity index (χ1v) is 14.5. The minimum atomic E-state index is -5.46. The Morgan fingerprint density at radius 1 is 0.673 bits per heavy atom. The highest BCUT2D eigenvalue weighted by atomic mass is 19.4. The summed E-state index contributed by atoms with van der Waals surface area (Å²) in [5.41, 5.74) is 12.5. The van der Waals surface area contributed by atoms with Gasteiger partial charge in [0.05, 0.1) is 32.7 Å². The van der Waals surface area contributed by atoms with Gasteiger partial charge in [-0.3, -0.25) is 24.1 Å². The summed E-state index contributed by atoms with van der Waals surface area (Å²) in [5.74, 6) is -8.40. The van der Waals surface area contributed by atoms with Crippen molar-refractivity contribution in [1.82, 2.24) is 19.6 Å². The maximum absolute atomic E-state index is 13.2. The van der Waals surface area contributed by atoms with E-state index >= 15 is 0 Å². The third-order valence-electron chi connectivity index (χ3n) is 7.39. The molecule has 2 aliphatic heterocycles. The second-order valence-corrected chi connectivity index (χ2v) is 10.8. The summed E-state index contributed by atoms with van der Waals surface area (Å²) < 4.78 is 54.1. The van der Waals surface area contributed by atoms with Gasteiger partial charge in [0.15, 0.2) is 19.7 Å². The van der Waals surface area contributed by atoms with Crippen LogP contribution in [0, 0.1) is 0 Å². The monoisotopic (exact) mass is 692 g/mol. The van der Waals surface area contributed by atoms with Crippen molar-refractivity contribution in [3.05, 3.63) is 71.8 Å². The number of esters is 3. The summed E-state index contributed by atoms with van der Waals surface area (Å²) in [4.78, 5) is 90.8. The Labute approximate surface area is 276 Å². The van der Waals surface area contributed by atoms with E-state index in [9.17, 15) is 46.7 Å². The van der Waals surface area contributed by atoms with E-state index in [1.165, 1.54) is 0 Å². The maximum Gasteiger partial charge on any atom is 0.490 e. The molecule has 16 nitrogen and oxygen atoms in total. The van der Waals surface area contributed by atoms with Crippen molar-refractivity contribution in [3.8, 4) is 0 Å². The van der Waals surface area contributed by atoms with E-state index in [4.69, 9.17) is 20.9 Å². The molecule has 262 valence electrons. The van der Waals surface area contributed by atoms with Crippen LogP contribution in [0.5, 0.6) is 0 Å². The molecule has 0 saturated carbocycles. The number of piperazine rings is 2. The molecule has 2 aromatic rings. The van der Waals surface area contributed by atoms with Crippen molar-refractivity contribution in [1.29, 1.82) is 0 Å². The van der Waals surface area contributed by atoms with Crippen LogP contribution in [-0.2, 0) is 47.8 Å². The van der Waals surface area contributed by atoms with Crippen molar-refractivity contribution in [2.24, 2.45) is 11.5 Å². The lowest BCUT2D eigenvalue weighted by atomic mass is 10.1. The minimum absolute atomic E-state index is 0.398. The topological polar surface area (TPSA) is 212 Å². The number of hydrogen-bond acceptors (Lipinski definition) is 14. The Bertz CT molecular complexity index is 1540. The Hall–Kier alpha value is -5.24. The van der Waals surface area contributed by atoms with E-state index in [-0.39, 0.29) is 0 Å². The van der Waals surface area contributed by atoms with Gasteiger partial charge in [0.25, 0.3) is 0 Å². The molecule has 4 rings (SSSR count). The second kappa shape index (κ2) is 15.8. The molecule has 3 atom stereocenters.